The highest BCUT2D eigenvalue weighted by Gasteiger charge is 2.19. The summed E-state index contributed by atoms with van der Waals surface area (Å²) >= 11 is 0. The second-order valence-electron chi connectivity index (χ2n) is 13.5. The minimum Gasteiger partial charge on any atom is -0.310 e. The molecule has 0 aliphatic rings. The van der Waals surface area contributed by atoms with Crippen molar-refractivity contribution in [1.82, 2.24) is 4.57 Å². The average Bonchev–Trinajstić information content (AvgIpc) is 3.57. The van der Waals surface area contributed by atoms with Crippen molar-refractivity contribution in [2.75, 3.05) is 0 Å². The highest BCUT2D eigenvalue weighted by Crippen LogP contribution is 2.45. The van der Waals surface area contributed by atoms with Crippen LogP contribution >= 0.6 is 0 Å². The van der Waals surface area contributed by atoms with Crippen LogP contribution in [0.4, 0.5) is 5.69 Å². The van der Waals surface area contributed by atoms with Crippen LogP contribution in [0, 0.1) is 6.57 Å². The van der Waals surface area contributed by atoms with Gasteiger partial charge in [-0.05, 0) is 78.7 Å². The molecule has 0 saturated heterocycles. The van der Waals surface area contributed by atoms with Gasteiger partial charge in [0.2, 0.25) is 0 Å². The van der Waals surface area contributed by atoms with Gasteiger partial charge in [0, 0.05) is 22.0 Å². The third kappa shape index (κ3) is 4.94. The predicted octanol–water partition coefficient (Wildman–Crippen LogP) is 14.3. The van der Waals surface area contributed by atoms with Gasteiger partial charge in [0.1, 0.15) is 0 Å². The van der Waals surface area contributed by atoms with E-state index in [1.807, 2.05) is 12.1 Å². The molecule has 10 rings (SSSR count). The first kappa shape index (κ1) is 30.6. The monoisotopic (exact) mass is 672 g/mol. The number of aromatic nitrogens is 1. The maximum Gasteiger partial charge on any atom is 0.189 e. The highest BCUT2D eigenvalue weighted by atomic mass is 15.0. The van der Waals surface area contributed by atoms with Gasteiger partial charge in [-0.3, -0.25) is 0 Å². The van der Waals surface area contributed by atoms with Crippen LogP contribution in [0.2, 0.25) is 0 Å². The molecule has 0 aliphatic carbocycles. The number of hydrogen-bond acceptors (Lipinski definition) is 0. The third-order valence-electron chi connectivity index (χ3n) is 10.6. The number of nitrogens with zero attached hydrogens (tertiary/aromatic N) is 2. The lowest BCUT2D eigenvalue weighted by Gasteiger charge is -2.19. The van der Waals surface area contributed by atoms with Crippen molar-refractivity contribution >= 4 is 49.0 Å². The Labute approximate surface area is 308 Å². The van der Waals surface area contributed by atoms with Crippen molar-refractivity contribution < 1.29 is 0 Å². The van der Waals surface area contributed by atoms with Gasteiger partial charge in [0.15, 0.2) is 5.69 Å². The lowest BCUT2D eigenvalue weighted by Crippen LogP contribution is -1.98. The first-order valence-corrected chi connectivity index (χ1v) is 18.0. The van der Waals surface area contributed by atoms with Gasteiger partial charge >= 0.3 is 0 Å². The molecule has 2 nitrogen and oxygen atoms in total. The van der Waals surface area contributed by atoms with Crippen molar-refractivity contribution in [1.29, 1.82) is 0 Å². The molecule has 10 aromatic rings. The molecule has 9 aromatic carbocycles. The van der Waals surface area contributed by atoms with E-state index in [1.165, 1.54) is 54.6 Å². The number of rotatable bonds is 5. The molecule has 0 fully saturated rings. The van der Waals surface area contributed by atoms with Gasteiger partial charge in [-0.15, -0.1) is 0 Å². The molecule has 0 atom stereocenters. The Morgan fingerprint density at radius 1 is 0.340 bits per heavy atom. The topological polar surface area (TPSA) is 9.29 Å². The first-order valence-electron chi connectivity index (χ1n) is 18.0. The summed E-state index contributed by atoms with van der Waals surface area (Å²) in [4.78, 5) is 3.86. The quantitative estimate of drug-likeness (QED) is 0.127. The van der Waals surface area contributed by atoms with E-state index < -0.39 is 0 Å². The maximum atomic E-state index is 7.91. The third-order valence-corrected chi connectivity index (χ3v) is 10.6. The Hall–Kier alpha value is -7.21. The molecule has 0 aliphatic heterocycles. The molecule has 2 heteroatoms. The summed E-state index contributed by atoms with van der Waals surface area (Å²) in [6.07, 6.45) is 0. The van der Waals surface area contributed by atoms with Crippen molar-refractivity contribution in [2.24, 2.45) is 0 Å². The average molecular weight is 673 g/mol. The Bertz CT molecular complexity index is 2940. The molecule has 0 unspecified atom stereocenters. The van der Waals surface area contributed by atoms with E-state index in [9.17, 15) is 0 Å². The summed E-state index contributed by atoms with van der Waals surface area (Å²) in [5.41, 5.74) is 13.3. The van der Waals surface area contributed by atoms with Gasteiger partial charge in [0.25, 0.3) is 0 Å². The summed E-state index contributed by atoms with van der Waals surface area (Å²) < 4.78 is 2.32. The van der Waals surface area contributed by atoms with E-state index in [1.54, 1.807) is 0 Å². The van der Waals surface area contributed by atoms with Crippen LogP contribution in [0.1, 0.15) is 0 Å². The Balaban J connectivity index is 1.15. The van der Waals surface area contributed by atoms with Gasteiger partial charge in [-0.25, -0.2) is 4.85 Å². The van der Waals surface area contributed by atoms with Crippen LogP contribution in [0.15, 0.2) is 194 Å². The maximum absolute atomic E-state index is 7.91. The van der Waals surface area contributed by atoms with Crippen LogP contribution in [-0.4, -0.2) is 4.57 Å². The van der Waals surface area contributed by atoms with Crippen LogP contribution < -0.4 is 0 Å². The molecular formula is C51H32N2. The van der Waals surface area contributed by atoms with Crippen molar-refractivity contribution in [3.8, 4) is 50.2 Å². The molecule has 1 aromatic heterocycles. The fraction of sp³-hybridized carbons (Fsp3) is 0. The zero-order valence-corrected chi connectivity index (χ0v) is 28.9. The molecule has 0 amide bonds. The molecule has 0 N–H and O–H groups in total. The van der Waals surface area contributed by atoms with Crippen molar-refractivity contribution in [2.45, 2.75) is 0 Å². The minimum absolute atomic E-state index is 0.616. The molecule has 0 spiro atoms. The van der Waals surface area contributed by atoms with Gasteiger partial charge in [-0.1, -0.05) is 176 Å². The zero-order chi connectivity index (χ0) is 35.3. The Morgan fingerprint density at radius 2 is 0.774 bits per heavy atom. The van der Waals surface area contributed by atoms with Crippen LogP contribution in [0.5, 0.6) is 0 Å². The SMILES string of the molecule is [C-]#[N+]c1ccc(-c2ccccc2-c2ccc(-c3c4ccccc4c(-c4ccccc4)c4ccccc34)cc2)c(-n2c3ccccc3c3ccccc32)c1. The lowest BCUT2D eigenvalue weighted by molar-refractivity contribution is 1.18. The van der Waals surface area contributed by atoms with E-state index in [2.05, 4.69) is 191 Å². The fourth-order valence-electron chi connectivity index (χ4n) is 8.33. The number of fused-ring (bicyclic) bond motifs is 5. The number of hydrogen-bond donors (Lipinski definition) is 0. The molecule has 246 valence electrons. The van der Waals surface area contributed by atoms with Gasteiger partial charge < -0.3 is 4.57 Å². The second-order valence-corrected chi connectivity index (χ2v) is 13.5. The smallest absolute Gasteiger partial charge is 0.189 e. The van der Waals surface area contributed by atoms with Gasteiger partial charge in [0.05, 0.1) is 17.6 Å². The summed E-state index contributed by atoms with van der Waals surface area (Å²) in [6.45, 7) is 7.91. The molecule has 0 bridgehead atoms. The van der Waals surface area contributed by atoms with E-state index in [0.717, 1.165) is 39.0 Å². The second kappa shape index (κ2) is 12.5. The van der Waals surface area contributed by atoms with Gasteiger partial charge in [-0.2, -0.15) is 0 Å². The van der Waals surface area contributed by atoms with E-state index >= 15 is 0 Å². The first-order chi connectivity index (χ1) is 26.3. The standard InChI is InChI=1S/C51H32N2/c1-52-37-31-32-42(49(33-37)53-47-25-13-11-19-40(47)41-20-12-14-26-48(41)53)39-18-6-5-17-38(39)34-27-29-36(30-28-34)51-45-23-9-7-21-43(45)50(35-15-3-2-4-16-35)44-22-8-10-24-46(44)51/h2-33H. The number of benzene rings is 9. The van der Waals surface area contributed by atoms with Crippen molar-refractivity contribution in [3.05, 3.63) is 206 Å². The molecular weight excluding hydrogens is 641 g/mol. The Kier molecular flexibility index (Phi) is 7.23. The molecule has 53 heavy (non-hydrogen) atoms. The predicted molar refractivity (Wildman–Crippen MR) is 224 cm³/mol. The van der Waals surface area contributed by atoms with Crippen LogP contribution in [-0.2, 0) is 0 Å². The fourth-order valence-corrected chi connectivity index (χ4v) is 8.33. The summed E-state index contributed by atoms with van der Waals surface area (Å²) in [7, 11) is 0. The highest BCUT2D eigenvalue weighted by molar-refractivity contribution is 6.21. The van der Waals surface area contributed by atoms with Crippen molar-refractivity contribution in [3.63, 3.8) is 0 Å². The summed E-state index contributed by atoms with van der Waals surface area (Å²) in [5.74, 6) is 0. The van der Waals surface area contributed by atoms with E-state index in [4.69, 9.17) is 6.57 Å². The van der Waals surface area contributed by atoms with Crippen LogP contribution in [0.25, 0.3) is 98.4 Å². The normalized spacial score (nSPS) is 11.4. The largest absolute Gasteiger partial charge is 0.310 e. The lowest BCUT2D eigenvalue weighted by atomic mass is 9.85. The van der Waals surface area contributed by atoms with Crippen LogP contribution in [0.3, 0.4) is 0 Å². The van der Waals surface area contributed by atoms with E-state index in [0.29, 0.717) is 5.69 Å². The minimum atomic E-state index is 0.616. The number of para-hydroxylation sites is 2. The molecule has 0 saturated carbocycles. The zero-order valence-electron chi connectivity index (χ0n) is 28.9. The Morgan fingerprint density at radius 3 is 1.32 bits per heavy atom. The summed E-state index contributed by atoms with van der Waals surface area (Å²) in [5, 5.41) is 7.39. The molecule has 1 heterocycles. The molecule has 0 radical (unpaired) electrons. The summed E-state index contributed by atoms with van der Waals surface area (Å²) in [6, 6.07) is 69.2. The van der Waals surface area contributed by atoms with E-state index in [-0.39, 0.29) is 0 Å².